The Hall–Kier alpha value is -4.51. The third-order valence-electron chi connectivity index (χ3n) is 7.59. The van der Waals surface area contributed by atoms with Crippen LogP contribution in [0.2, 0.25) is 0 Å². The van der Waals surface area contributed by atoms with E-state index in [-0.39, 0.29) is 54.1 Å². The van der Waals surface area contributed by atoms with Crippen molar-refractivity contribution in [2.75, 3.05) is 44.7 Å². The van der Waals surface area contributed by atoms with Gasteiger partial charge in [0.2, 0.25) is 0 Å². The zero-order valence-electron chi connectivity index (χ0n) is 24.7. The molecule has 3 aromatic rings. The summed E-state index contributed by atoms with van der Waals surface area (Å²) in [5.41, 5.74) is -1.76. The van der Waals surface area contributed by atoms with Gasteiger partial charge in [0.15, 0.2) is 17.2 Å². The molecule has 5 rings (SSSR count). The number of aromatic hydroxyl groups is 1. The molecule has 4 heterocycles. The van der Waals surface area contributed by atoms with Gasteiger partial charge in [-0.3, -0.25) is 9.36 Å². The van der Waals surface area contributed by atoms with Crippen molar-refractivity contribution in [3.8, 4) is 23.5 Å². The molecule has 13 nitrogen and oxygen atoms in total. The molecule has 228 valence electrons. The fraction of sp³-hybridized carbons (Fsp3) is 0.517. The molecule has 2 saturated heterocycles. The van der Waals surface area contributed by atoms with E-state index in [1.165, 1.54) is 17.0 Å². The van der Waals surface area contributed by atoms with Crippen molar-refractivity contribution in [1.82, 2.24) is 29.3 Å². The number of hydrogen-bond acceptors (Lipinski definition) is 11. The first-order valence-corrected chi connectivity index (χ1v) is 14.2. The van der Waals surface area contributed by atoms with Crippen molar-refractivity contribution in [3.63, 3.8) is 0 Å². The van der Waals surface area contributed by atoms with E-state index in [2.05, 4.69) is 25.9 Å². The van der Waals surface area contributed by atoms with Crippen LogP contribution in [-0.4, -0.2) is 98.0 Å². The number of nitriles is 1. The van der Waals surface area contributed by atoms with E-state index in [9.17, 15) is 24.3 Å². The maximum Gasteiger partial charge on any atom is 0.410 e. The van der Waals surface area contributed by atoms with Crippen molar-refractivity contribution in [1.29, 1.82) is 5.26 Å². The molecule has 0 unspecified atom stereocenters. The van der Waals surface area contributed by atoms with E-state index >= 15 is 0 Å². The molecule has 43 heavy (non-hydrogen) atoms. The Morgan fingerprint density at radius 1 is 1.19 bits per heavy atom. The predicted molar refractivity (Wildman–Crippen MR) is 155 cm³/mol. The maximum absolute atomic E-state index is 14.7. The lowest BCUT2D eigenvalue weighted by Gasteiger charge is -2.41. The largest absolute Gasteiger partial charge is 0.506 e. The molecule has 14 heteroatoms. The molecule has 1 N–H and O–H groups in total. The Kier molecular flexibility index (Phi) is 8.36. The average molecular weight is 595 g/mol. The topological polar surface area (TPSA) is 150 Å². The summed E-state index contributed by atoms with van der Waals surface area (Å²) < 4.78 is 27.2. The highest BCUT2D eigenvalue weighted by molar-refractivity contribution is 5.85. The highest BCUT2D eigenvalue weighted by atomic mass is 19.1. The number of fused-ring (bicyclic) bond motifs is 1. The minimum absolute atomic E-state index is 0.0446. The van der Waals surface area contributed by atoms with Gasteiger partial charge in [0.25, 0.3) is 5.56 Å². The number of nitrogens with zero attached hydrogens (tertiary/aromatic N) is 8. The number of anilines is 1. The Balaban J connectivity index is 1.56. The smallest absolute Gasteiger partial charge is 0.410 e. The molecule has 0 radical (unpaired) electrons. The van der Waals surface area contributed by atoms with Gasteiger partial charge in [-0.25, -0.2) is 14.2 Å². The number of phenols is 1. The summed E-state index contributed by atoms with van der Waals surface area (Å²) in [6.07, 6.45) is 2.63. The molecule has 0 saturated carbocycles. The van der Waals surface area contributed by atoms with Gasteiger partial charge in [0.05, 0.1) is 18.5 Å². The Labute approximate surface area is 248 Å². The molecule has 2 aliphatic rings. The molecule has 0 bridgehead atoms. The van der Waals surface area contributed by atoms with Gasteiger partial charge in [-0.15, -0.1) is 0 Å². The number of benzene rings is 1. The van der Waals surface area contributed by atoms with Crippen LogP contribution in [-0.2, 0) is 4.74 Å². The fourth-order valence-electron chi connectivity index (χ4n) is 5.41. The molecule has 2 fully saturated rings. The number of hydrogen-bond donors (Lipinski definition) is 1. The monoisotopic (exact) mass is 594 g/mol. The second-order valence-electron chi connectivity index (χ2n) is 11.8. The molecular formula is C29H35FN8O5. The highest BCUT2D eigenvalue weighted by Crippen LogP contribution is 2.29. The second kappa shape index (κ2) is 12.0. The minimum atomic E-state index is -0.809. The van der Waals surface area contributed by atoms with E-state index < -0.39 is 34.9 Å². The lowest BCUT2D eigenvalue weighted by atomic mass is 10.1. The summed E-state index contributed by atoms with van der Waals surface area (Å²) >= 11 is 0. The van der Waals surface area contributed by atoms with Crippen LogP contribution >= 0.6 is 0 Å². The Bertz CT molecular complexity index is 1600. The van der Waals surface area contributed by atoms with Gasteiger partial charge in [-0.1, -0.05) is 6.07 Å². The van der Waals surface area contributed by atoms with Crippen LogP contribution in [0, 0.1) is 17.1 Å². The van der Waals surface area contributed by atoms with Crippen LogP contribution in [0.25, 0.3) is 16.7 Å². The van der Waals surface area contributed by atoms with E-state index in [1.54, 1.807) is 20.8 Å². The zero-order chi connectivity index (χ0) is 30.9. The predicted octanol–water partition coefficient (Wildman–Crippen LogP) is 2.83. The molecular weight excluding hydrogens is 559 g/mol. The first kappa shape index (κ1) is 30.0. The van der Waals surface area contributed by atoms with Crippen LogP contribution in [0.15, 0.2) is 29.3 Å². The number of carbonyl (C=O) groups excluding carboxylic acids is 1. The summed E-state index contributed by atoms with van der Waals surface area (Å²) in [7, 11) is 2.01. The number of rotatable bonds is 6. The van der Waals surface area contributed by atoms with Crippen molar-refractivity contribution in [2.24, 2.45) is 0 Å². The van der Waals surface area contributed by atoms with Gasteiger partial charge >= 0.3 is 12.1 Å². The zero-order valence-corrected chi connectivity index (χ0v) is 24.7. The number of halogens is 1. The molecule has 0 spiro atoms. The lowest BCUT2D eigenvalue weighted by molar-refractivity contribution is 0.0145. The number of piperazine rings is 1. The number of carbonyl (C=O) groups is 1. The van der Waals surface area contributed by atoms with Crippen LogP contribution in [0.1, 0.15) is 40.0 Å². The summed E-state index contributed by atoms with van der Waals surface area (Å²) in [4.78, 5) is 45.7. The van der Waals surface area contributed by atoms with Gasteiger partial charge in [-0.05, 0) is 59.3 Å². The number of amides is 1. The van der Waals surface area contributed by atoms with Gasteiger partial charge in [0, 0.05) is 25.7 Å². The van der Waals surface area contributed by atoms with Crippen LogP contribution in [0.4, 0.5) is 15.0 Å². The fourth-order valence-corrected chi connectivity index (χ4v) is 5.41. The van der Waals surface area contributed by atoms with E-state index in [1.807, 2.05) is 11.9 Å². The Morgan fingerprint density at radius 2 is 1.98 bits per heavy atom. The second-order valence-corrected chi connectivity index (χ2v) is 11.8. The van der Waals surface area contributed by atoms with E-state index in [4.69, 9.17) is 9.47 Å². The summed E-state index contributed by atoms with van der Waals surface area (Å²) in [6.45, 7) is 7.32. The molecule has 0 aliphatic carbocycles. The van der Waals surface area contributed by atoms with Crippen LogP contribution < -0.4 is 15.2 Å². The number of likely N-dealkylation sites (N-methyl/N-ethyl adjacent to an activating group) is 1. The third-order valence-corrected chi connectivity index (χ3v) is 7.59. The van der Waals surface area contributed by atoms with Gasteiger partial charge in [0.1, 0.15) is 35.5 Å². The number of para-hydroxylation sites is 1. The highest BCUT2D eigenvalue weighted by Gasteiger charge is 2.35. The van der Waals surface area contributed by atoms with E-state index in [0.29, 0.717) is 13.2 Å². The quantitative estimate of drug-likeness (QED) is 0.449. The van der Waals surface area contributed by atoms with E-state index in [0.717, 1.165) is 36.3 Å². The molecule has 2 aromatic heterocycles. The summed E-state index contributed by atoms with van der Waals surface area (Å²) in [5, 5.41) is 19.9. The number of aromatic nitrogens is 4. The standard InChI is InChI=1S/C29H35FN8O5/c1-29(2,3)43-28(41)37-14-13-36(15-18(37)10-11-31)25-22-23(33-27(34-25)42-16-19-7-6-12-35(19)4)26(40)38(17-32-22)24-20(30)8-5-9-21(24)39/h5,8-9,17-19,39H,6-7,10,12-16H2,1-4H3/t18-,19-/m0/s1. The van der Waals surface area contributed by atoms with Crippen molar-refractivity contribution in [2.45, 2.75) is 57.7 Å². The normalized spacial score (nSPS) is 19.4. The molecule has 2 aliphatic heterocycles. The molecule has 1 aromatic carbocycles. The minimum Gasteiger partial charge on any atom is -0.506 e. The van der Waals surface area contributed by atoms with Crippen molar-refractivity contribution < 1.29 is 23.8 Å². The van der Waals surface area contributed by atoms with Crippen LogP contribution in [0.5, 0.6) is 11.8 Å². The molecule has 1 amide bonds. The van der Waals surface area contributed by atoms with Gasteiger partial charge < -0.3 is 29.3 Å². The Morgan fingerprint density at radius 3 is 2.65 bits per heavy atom. The average Bonchev–Trinajstić information content (AvgIpc) is 3.36. The first-order valence-electron chi connectivity index (χ1n) is 14.2. The summed E-state index contributed by atoms with van der Waals surface area (Å²) in [5.74, 6) is -0.958. The maximum atomic E-state index is 14.7. The van der Waals surface area contributed by atoms with Crippen LogP contribution in [0.3, 0.4) is 0 Å². The summed E-state index contributed by atoms with van der Waals surface area (Å²) in [6, 6.07) is 5.45. The number of phenolic OH excluding ortho intramolecular Hbond substituents is 1. The van der Waals surface area contributed by atoms with Gasteiger partial charge in [-0.2, -0.15) is 15.2 Å². The number of ether oxygens (including phenoxy) is 2. The SMILES string of the molecule is CN1CCC[C@H]1COc1nc(N2CCN(C(=O)OC(C)(C)C)[C@@H](CC#N)C2)c2ncn(-c3c(O)cccc3F)c(=O)c2n1. The van der Waals surface area contributed by atoms with Crippen molar-refractivity contribution >= 4 is 22.9 Å². The third kappa shape index (κ3) is 6.31. The lowest BCUT2D eigenvalue weighted by Crippen LogP contribution is -2.56. The first-order chi connectivity index (χ1) is 20.5. The van der Waals surface area contributed by atoms with Crippen molar-refractivity contribution in [3.05, 3.63) is 40.7 Å². The number of likely N-dealkylation sites (tertiary alicyclic amines) is 1. The molecule has 2 atom stereocenters.